The summed E-state index contributed by atoms with van der Waals surface area (Å²) in [5.74, 6) is 1.23. The number of carbonyl (C=O) groups excluding carboxylic acids is 3. The number of nitrogens with one attached hydrogen (secondary N) is 2. The van der Waals surface area contributed by atoms with Gasteiger partial charge in [0.15, 0.2) is 11.5 Å². The lowest BCUT2D eigenvalue weighted by molar-refractivity contribution is -0.132. The third-order valence-corrected chi connectivity index (χ3v) is 5.17. The van der Waals surface area contributed by atoms with Gasteiger partial charge in [0.1, 0.15) is 5.60 Å². The van der Waals surface area contributed by atoms with Crippen molar-refractivity contribution in [3.8, 4) is 11.5 Å². The predicted octanol–water partition coefficient (Wildman–Crippen LogP) is 2.59. The number of nitrogens with zero attached hydrogens (tertiary/aromatic N) is 1. The molecule has 1 aromatic carbocycles. The van der Waals surface area contributed by atoms with Gasteiger partial charge in [-0.05, 0) is 57.7 Å². The number of benzene rings is 1. The molecule has 0 spiro atoms. The molecule has 0 aromatic heterocycles. The number of rotatable bonds is 8. The van der Waals surface area contributed by atoms with Gasteiger partial charge >= 0.3 is 6.09 Å². The number of likely N-dealkylation sites (tertiary alicyclic amines) is 1. The summed E-state index contributed by atoms with van der Waals surface area (Å²) in [7, 11) is 3.08. The maximum absolute atomic E-state index is 12.5. The molecular weight excluding hydrogens is 414 g/mol. The molecule has 32 heavy (non-hydrogen) atoms. The van der Waals surface area contributed by atoms with E-state index >= 15 is 0 Å². The van der Waals surface area contributed by atoms with Crippen LogP contribution in [0.1, 0.15) is 50.4 Å². The van der Waals surface area contributed by atoms with Gasteiger partial charge in [0, 0.05) is 38.2 Å². The van der Waals surface area contributed by atoms with Gasteiger partial charge in [0.05, 0.1) is 14.2 Å². The number of ether oxygens (including phenoxy) is 3. The van der Waals surface area contributed by atoms with Crippen LogP contribution in [0.15, 0.2) is 18.2 Å². The van der Waals surface area contributed by atoms with E-state index in [-0.39, 0.29) is 24.8 Å². The Morgan fingerprint density at radius 1 is 1.03 bits per heavy atom. The molecule has 1 heterocycles. The number of hydrogen-bond donors (Lipinski definition) is 2. The van der Waals surface area contributed by atoms with Crippen LogP contribution in [0.25, 0.3) is 0 Å². The zero-order valence-corrected chi connectivity index (χ0v) is 19.7. The smallest absolute Gasteiger partial charge is 0.407 e. The summed E-state index contributed by atoms with van der Waals surface area (Å²) < 4.78 is 15.6. The van der Waals surface area contributed by atoms with Gasteiger partial charge in [-0.1, -0.05) is 0 Å². The van der Waals surface area contributed by atoms with Gasteiger partial charge in [0.2, 0.25) is 5.91 Å². The van der Waals surface area contributed by atoms with Gasteiger partial charge in [-0.2, -0.15) is 0 Å². The largest absolute Gasteiger partial charge is 0.493 e. The summed E-state index contributed by atoms with van der Waals surface area (Å²) in [5.41, 5.74) is -0.0575. The molecule has 2 N–H and O–H groups in total. The topological polar surface area (TPSA) is 106 Å². The fourth-order valence-electron chi connectivity index (χ4n) is 3.45. The van der Waals surface area contributed by atoms with Crippen LogP contribution in [0.4, 0.5) is 4.79 Å². The average molecular weight is 450 g/mol. The van der Waals surface area contributed by atoms with Crippen molar-refractivity contribution >= 4 is 17.9 Å². The number of amides is 3. The molecule has 0 aliphatic carbocycles. The molecular formula is C23H35N3O6. The van der Waals surface area contributed by atoms with Crippen LogP contribution in [-0.4, -0.2) is 68.8 Å². The van der Waals surface area contributed by atoms with Crippen LogP contribution in [0.3, 0.4) is 0 Å². The minimum absolute atomic E-state index is 0.00821. The first-order valence-corrected chi connectivity index (χ1v) is 10.9. The fraction of sp³-hybridized carbons (Fsp3) is 0.609. The quantitative estimate of drug-likeness (QED) is 0.632. The van der Waals surface area contributed by atoms with Crippen LogP contribution >= 0.6 is 0 Å². The SMILES string of the molecule is COc1ccc(C(=O)NCC2CCN(C(=O)CCNC(=O)OC(C)(C)C)CC2)cc1OC. The molecule has 1 aliphatic rings. The lowest BCUT2D eigenvalue weighted by atomic mass is 9.96. The molecule has 0 atom stereocenters. The van der Waals surface area contributed by atoms with E-state index in [1.165, 1.54) is 7.11 Å². The highest BCUT2D eigenvalue weighted by Crippen LogP contribution is 2.27. The van der Waals surface area contributed by atoms with E-state index in [1.54, 1.807) is 46.1 Å². The Bertz CT molecular complexity index is 797. The van der Waals surface area contributed by atoms with Gasteiger partial charge in [0.25, 0.3) is 5.91 Å². The molecule has 0 saturated carbocycles. The molecule has 1 aliphatic heterocycles. The van der Waals surface area contributed by atoms with Crippen molar-refractivity contribution < 1.29 is 28.6 Å². The maximum atomic E-state index is 12.5. The highest BCUT2D eigenvalue weighted by molar-refractivity contribution is 5.94. The van der Waals surface area contributed by atoms with Gasteiger partial charge in [-0.25, -0.2) is 4.79 Å². The second-order valence-electron chi connectivity index (χ2n) is 8.78. The summed E-state index contributed by atoms with van der Waals surface area (Å²) in [5, 5.41) is 5.58. The van der Waals surface area contributed by atoms with Gasteiger partial charge in [-0.15, -0.1) is 0 Å². The molecule has 1 saturated heterocycles. The first kappa shape index (κ1) is 25.3. The molecule has 1 fully saturated rings. The minimum atomic E-state index is -0.565. The predicted molar refractivity (Wildman–Crippen MR) is 120 cm³/mol. The highest BCUT2D eigenvalue weighted by Gasteiger charge is 2.23. The van der Waals surface area contributed by atoms with Crippen LogP contribution in [0.2, 0.25) is 0 Å². The van der Waals surface area contributed by atoms with Crippen molar-refractivity contribution in [1.82, 2.24) is 15.5 Å². The van der Waals surface area contributed by atoms with E-state index < -0.39 is 11.7 Å². The van der Waals surface area contributed by atoms with Crippen molar-refractivity contribution in [3.63, 3.8) is 0 Å². The molecule has 9 nitrogen and oxygen atoms in total. The van der Waals surface area contributed by atoms with Crippen molar-refractivity contribution in [2.75, 3.05) is 40.4 Å². The maximum Gasteiger partial charge on any atom is 0.407 e. The first-order chi connectivity index (χ1) is 15.1. The molecule has 0 unspecified atom stereocenters. The number of carbonyl (C=O) groups is 3. The number of hydrogen-bond acceptors (Lipinski definition) is 6. The van der Waals surface area contributed by atoms with Crippen molar-refractivity contribution in [1.29, 1.82) is 0 Å². The first-order valence-electron chi connectivity index (χ1n) is 10.9. The van der Waals surface area contributed by atoms with Crippen molar-refractivity contribution in [2.24, 2.45) is 5.92 Å². The van der Waals surface area contributed by atoms with E-state index in [0.717, 1.165) is 12.8 Å². The number of piperidine rings is 1. The van der Waals surface area contributed by atoms with E-state index in [9.17, 15) is 14.4 Å². The molecule has 1 aromatic rings. The molecule has 2 rings (SSSR count). The summed E-state index contributed by atoms with van der Waals surface area (Å²) in [6.07, 6.45) is 1.35. The Labute approximate surface area is 189 Å². The Balaban J connectivity index is 1.70. The van der Waals surface area contributed by atoms with Gasteiger partial charge in [-0.3, -0.25) is 9.59 Å². The normalized spacial score (nSPS) is 14.5. The third-order valence-electron chi connectivity index (χ3n) is 5.17. The lowest BCUT2D eigenvalue weighted by Crippen LogP contribution is -2.42. The molecule has 0 bridgehead atoms. The molecule has 0 radical (unpaired) electrons. The zero-order chi connectivity index (χ0) is 23.7. The molecule has 178 valence electrons. The van der Waals surface area contributed by atoms with Crippen LogP contribution < -0.4 is 20.1 Å². The standard InChI is InChI=1S/C23H35N3O6/c1-23(2,3)32-22(29)24-11-8-20(27)26-12-9-16(10-13-26)15-25-21(28)17-6-7-18(30-4)19(14-17)31-5/h6-7,14,16H,8-13,15H2,1-5H3,(H,24,29)(H,25,28). The average Bonchev–Trinajstić information content (AvgIpc) is 2.75. The monoisotopic (exact) mass is 449 g/mol. The second-order valence-corrected chi connectivity index (χ2v) is 8.78. The fourth-order valence-corrected chi connectivity index (χ4v) is 3.45. The molecule has 3 amide bonds. The zero-order valence-electron chi connectivity index (χ0n) is 19.7. The summed E-state index contributed by atoms with van der Waals surface area (Å²) in [4.78, 5) is 38.3. The summed E-state index contributed by atoms with van der Waals surface area (Å²) >= 11 is 0. The highest BCUT2D eigenvalue weighted by atomic mass is 16.6. The van der Waals surface area contributed by atoms with Crippen LogP contribution in [-0.2, 0) is 9.53 Å². The Morgan fingerprint density at radius 2 is 1.69 bits per heavy atom. The molecule has 9 heteroatoms. The second kappa shape index (κ2) is 11.6. The Kier molecular flexibility index (Phi) is 9.16. The van der Waals surface area contributed by atoms with Gasteiger partial charge < -0.3 is 29.7 Å². The van der Waals surface area contributed by atoms with E-state index in [0.29, 0.717) is 42.6 Å². The van der Waals surface area contributed by atoms with Crippen molar-refractivity contribution in [3.05, 3.63) is 23.8 Å². The van der Waals surface area contributed by atoms with E-state index in [2.05, 4.69) is 10.6 Å². The summed E-state index contributed by atoms with van der Waals surface area (Å²) in [6.45, 7) is 7.45. The van der Waals surface area contributed by atoms with E-state index in [4.69, 9.17) is 14.2 Å². The third kappa shape index (κ3) is 7.94. The summed E-state index contributed by atoms with van der Waals surface area (Å²) in [6, 6.07) is 5.06. The van der Waals surface area contributed by atoms with E-state index in [1.807, 2.05) is 4.90 Å². The number of alkyl carbamates (subject to hydrolysis) is 1. The minimum Gasteiger partial charge on any atom is -0.493 e. The Morgan fingerprint density at radius 3 is 2.28 bits per heavy atom. The van der Waals surface area contributed by atoms with Crippen molar-refractivity contribution in [2.45, 2.75) is 45.6 Å². The Hall–Kier alpha value is -2.97. The van der Waals surface area contributed by atoms with Crippen LogP contribution in [0, 0.1) is 5.92 Å². The van der Waals surface area contributed by atoms with Crippen LogP contribution in [0.5, 0.6) is 11.5 Å². The number of methoxy groups -OCH3 is 2. The lowest BCUT2D eigenvalue weighted by Gasteiger charge is -2.32.